The van der Waals surface area contributed by atoms with Crippen LogP contribution in [0.15, 0.2) is 36.4 Å². The third-order valence-electron chi connectivity index (χ3n) is 3.01. The quantitative estimate of drug-likeness (QED) is 0.863. The molecule has 0 spiro atoms. The van der Waals surface area contributed by atoms with E-state index in [0.29, 0.717) is 5.56 Å². The molecule has 0 saturated carbocycles. The summed E-state index contributed by atoms with van der Waals surface area (Å²) in [5.41, 5.74) is 3.14. The maximum atomic E-state index is 13.4. The van der Waals surface area contributed by atoms with Crippen LogP contribution in [0.4, 0.5) is 4.39 Å². The summed E-state index contributed by atoms with van der Waals surface area (Å²) < 4.78 is 13.4. The molecule has 0 saturated heterocycles. The van der Waals surface area contributed by atoms with Crippen molar-refractivity contribution in [2.24, 2.45) is 0 Å². The van der Waals surface area contributed by atoms with Gasteiger partial charge in [-0.3, -0.25) is 0 Å². The molecule has 0 heterocycles. The molecule has 3 heteroatoms. The maximum absolute atomic E-state index is 13.4. The number of rotatable bonds is 2. The molecular formula is C15H14ClFO. The van der Waals surface area contributed by atoms with Crippen molar-refractivity contribution < 1.29 is 9.50 Å². The summed E-state index contributed by atoms with van der Waals surface area (Å²) in [6.07, 6.45) is -0.909. The third kappa shape index (κ3) is 2.40. The van der Waals surface area contributed by atoms with Gasteiger partial charge in [0, 0.05) is 5.56 Å². The van der Waals surface area contributed by atoms with Crippen LogP contribution in [-0.4, -0.2) is 5.11 Å². The van der Waals surface area contributed by atoms with Gasteiger partial charge in [-0.15, -0.1) is 0 Å². The van der Waals surface area contributed by atoms with Gasteiger partial charge < -0.3 is 5.11 Å². The number of hydrogen-bond acceptors (Lipinski definition) is 1. The van der Waals surface area contributed by atoms with Crippen molar-refractivity contribution in [3.63, 3.8) is 0 Å². The molecule has 0 aliphatic heterocycles. The first-order valence-electron chi connectivity index (χ1n) is 5.70. The first-order valence-corrected chi connectivity index (χ1v) is 6.07. The standard InChI is InChI=1S/C15H14ClFO/c1-9-6-7-10(2)12(8-9)15(18)11-4-3-5-13(17)14(11)16/h3-8,15,18H,1-2H3. The second-order valence-corrected chi connectivity index (χ2v) is 4.78. The topological polar surface area (TPSA) is 20.2 Å². The lowest BCUT2D eigenvalue weighted by Crippen LogP contribution is -2.04. The van der Waals surface area contributed by atoms with Gasteiger partial charge in [0.25, 0.3) is 0 Å². The highest BCUT2D eigenvalue weighted by Crippen LogP contribution is 2.31. The Morgan fingerprint density at radius 3 is 2.56 bits per heavy atom. The van der Waals surface area contributed by atoms with Crippen LogP contribution in [0.1, 0.15) is 28.4 Å². The van der Waals surface area contributed by atoms with Crippen molar-refractivity contribution in [2.75, 3.05) is 0 Å². The lowest BCUT2D eigenvalue weighted by molar-refractivity contribution is 0.219. The number of halogens is 2. The summed E-state index contributed by atoms with van der Waals surface area (Å²) in [4.78, 5) is 0. The molecule has 2 aromatic carbocycles. The summed E-state index contributed by atoms with van der Waals surface area (Å²) in [6.45, 7) is 3.86. The minimum Gasteiger partial charge on any atom is -0.384 e. The molecule has 94 valence electrons. The van der Waals surface area contributed by atoms with Crippen LogP contribution in [0, 0.1) is 19.7 Å². The van der Waals surface area contributed by atoms with Crippen molar-refractivity contribution in [2.45, 2.75) is 20.0 Å². The molecular weight excluding hydrogens is 251 g/mol. The van der Waals surface area contributed by atoms with Gasteiger partial charge >= 0.3 is 0 Å². The molecule has 0 bridgehead atoms. The Labute approximate surface area is 111 Å². The molecule has 0 aliphatic rings. The van der Waals surface area contributed by atoms with Crippen LogP contribution >= 0.6 is 11.6 Å². The van der Waals surface area contributed by atoms with Gasteiger partial charge in [-0.25, -0.2) is 4.39 Å². The summed E-state index contributed by atoms with van der Waals surface area (Å²) in [6, 6.07) is 10.3. The first kappa shape index (κ1) is 13.1. The van der Waals surface area contributed by atoms with E-state index < -0.39 is 11.9 Å². The number of aryl methyl sites for hydroxylation is 2. The fourth-order valence-electron chi connectivity index (χ4n) is 1.95. The van der Waals surface area contributed by atoms with Gasteiger partial charge in [0.05, 0.1) is 5.02 Å². The van der Waals surface area contributed by atoms with Crippen LogP contribution in [0.2, 0.25) is 5.02 Å². The van der Waals surface area contributed by atoms with Gasteiger partial charge in [-0.2, -0.15) is 0 Å². The SMILES string of the molecule is Cc1ccc(C)c(C(O)c2cccc(F)c2Cl)c1. The van der Waals surface area contributed by atoms with E-state index in [1.54, 1.807) is 12.1 Å². The molecule has 0 aromatic heterocycles. The van der Waals surface area contributed by atoms with Gasteiger partial charge in [0.15, 0.2) is 0 Å². The summed E-state index contributed by atoms with van der Waals surface area (Å²) in [5, 5.41) is 10.3. The van der Waals surface area contributed by atoms with Crippen molar-refractivity contribution in [3.8, 4) is 0 Å². The smallest absolute Gasteiger partial charge is 0.142 e. The van der Waals surface area contributed by atoms with Gasteiger partial charge in [0.1, 0.15) is 11.9 Å². The van der Waals surface area contributed by atoms with Crippen molar-refractivity contribution in [3.05, 3.63) is 69.5 Å². The normalized spacial score (nSPS) is 12.5. The molecule has 2 aromatic rings. The van der Waals surface area contributed by atoms with Gasteiger partial charge in [0.2, 0.25) is 0 Å². The van der Waals surface area contributed by atoms with E-state index >= 15 is 0 Å². The summed E-state index contributed by atoms with van der Waals surface area (Å²) in [5.74, 6) is -0.515. The van der Waals surface area contributed by atoms with E-state index in [9.17, 15) is 9.50 Å². The Bertz CT molecular complexity index is 579. The van der Waals surface area contributed by atoms with Crippen LogP contribution in [-0.2, 0) is 0 Å². The minimum absolute atomic E-state index is 0.0223. The lowest BCUT2D eigenvalue weighted by Gasteiger charge is -2.16. The molecule has 1 nitrogen and oxygen atoms in total. The van der Waals surface area contributed by atoms with Crippen molar-refractivity contribution in [1.82, 2.24) is 0 Å². The van der Waals surface area contributed by atoms with E-state index in [0.717, 1.165) is 16.7 Å². The number of aliphatic hydroxyl groups is 1. The third-order valence-corrected chi connectivity index (χ3v) is 3.40. The Morgan fingerprint density at radius 1 is 1.11 bits per heavy atom. The molecule has 18 heavy (non-hydrogen) atoms. The van der Waals surface area contributed by atoms with E-state index in [-0.39, 0.29) is 5.02 Å². The number of benzene rings is 2. The monoisotopic (exact) mass is 264 g/mol. The predicted molar refractivity (Wildman–Crippen MR) is 71.4 cm³/mol. The first-order chi connectivity index (χ1) is 8.50. The molecule has 0 amide bonds. The molecule has 0 fully saturated rings. The fourth-order valence-corrected chi connectivity index (χ4v) is 2.18. The Hall–Kier alpha value is -1.38. The van der Waals surface area contributed by atoms with Crippen molar-refractivity contribution >= 4 is 11.6 Å². The van der Waals surface area contributed by atoms with Crippen LogP contribution in [0.25, 0.3) is 0 Å². The summed E-state index contributed by atoms with van der Waals surface area (Å²) in [7, 11) is 0. The fraction of sp³-hybridized carbons (Fsp3) is 0.200. The van der Waals surface area contributed by atoms with E-state index in [2.05, 4.69) is 0 Å². The summed E-state index contributed by atoms with van der Waals surface area (Å²) >= 11 is 5.90. The average molecular weight is 265 g/mol. The number of hydrogen-bond donors (Lipinski definition) is 1. The zero-order valence-corrected chi connectivity index (χ0v) is 11.0. The Morgan fingerprint density at radius 2 is 1.83 bits per heavy atom. The van der Waals surface area contributed by atoms with Gasteiger partial charge in [-0.05, 0) is 31.0 Å². The maximum Gasteiger partial charge on any atom is 0.142 e. The molecule has 1 N–H and O–H groups in total. The van der Waals surface area contributed by atoms with E-state index in [1.807, 2.05) is 32.0 Å². The largest absolute Gasteiger partial charge is 0.384 e. The highest BCUT2D eigenvalue weighted by atomic mass is 35.5. The van der Waals surface area contributed by atoms with Crippen LogP contribution < -0.4 is 0 Å². The minimum atomic E-state index is -0.909. The zero-order chi connectivity index (χ0) is 13.3. The Balaban J connectivity index is 2.51. The lowest BCUT2D eigenvalue weighted by atomic mass is 9.96. The second-order valence-electron chi connectivity index (χ2n) is 4.41. The van der Waals surface area contributed by atoms with E-state index in [1.165, 1.54) is 6.07 Å². The highest BCUT2D eigenvalue weighted by molar-refractivity contribution is 6.31. The van der Waals surface area contributed by atoms with E-state index in [4.69, 9.17) is 11.6 Å². The van der Waals surface area contributed by atoms with Crippen LogP contribution in [0.5, 0.6) is 0 Å². The average Bonchev–Trinajstić information content (AvgIpc) is 2.35. The second kappa shape index (κ2) is 5.09. The molecule has 0 radical (unpaired) electrons. The zero-order valence-electron chi connectivity index (χ0n) is 10.2. The Kier molecular flexibility index (Phi) is 3.69. The van der Waals surface area contributed by atoms with Gasteiger partial charge in [-0.1, -0.05) is 47.5 Å². The van der Waals surface area contributed by atoms with Crippen LogP contribution in [0.3, 0.4) is 0 Å². The molecule has 0 aliphatic carbocycles. The molecule has 1 unspecified atom stereocenters. The molecule has 2 rings (SSSR count). The number of aliphatic hydroxyl groups excluding tert-OH is 1. The predicted octanol–water partition coefficient (Wildman–Crippen LogP) is 4.18. The molecule has 1 atom stereocenters. The highest BCUT2D eigenvalue weighted by Gasteiger charge is 2.17. The van der Waals surface area contributed by atoms with Crippen molar-refractivity contribution in [1.29, 1.82) is 0 Å².